The Morgan fingerprint density at radius 1 is 1.32 bits per heavy atom. The maximum absolute atomic E-state index is 14.0. The molecule has 22 heavy (non-hydrogen) atoms. The summed E-state index contributed by atoms with van der Waals surface area (Å²) in [7, 11) is 1.48. The Labute approximate surface area is 139 Å². The summed E-state index contributed by atoms with van der Waals surface area (Å²) in [6, 6.07) is 5.96. The third-order valence-corrected chi connectivity index (χ3v) is 3.69. The molecule has 0 bridgehead atoms. The molecule has 0 saturated heterocycles. The molecule has 8 heteroatoms. The monoisotopic (exact) mass is 417 g/mol. The van der Waals surface area contributed by atoms with Gasteiger partial charge in [0.15, 0.2) is 0 Å². The molecule has 0 aliphatic heterocycles. The van der Waals surface area contributed by atoms with Crippen LogP contribution in [0, 0.1) is 16.3 Å². The molecule has 2 rings (SSSR count). The van der Waals surface area contributed by atoms with E-state index in [9.17, 15) is 14.0 Å². The van der Waals surface area contributed by atoms with E-state index in [0.29, 0.717) is 5.56 Å². The fraction of sp³-hybridized carbons (Fsp3) is 0.143. The van der Waals surface area contributed by atoms with Gasteiger partial charge in [0.25, 0.3) is 5.56 Å². The first kappa shape index (κ1) is 16.3. The van der Waals surface area contributed by atoms with Crippen molar-refractivity contribution < 1.29 is 14.3 Å². The molecule has 0 aliphatic carbocycles. The Morgan fingerprint density at radius 3 is 2.59 bits per heavy atom. The zero-order chi connectivity index (χ0) is 16.4. The molecule has 1 amide bonds. The second-order valence-corrected chi connectivity index (χ2v) is 5.88. The number of halogens is 2. The number of nitrogens with one attached hydrogen (secondary N) is 2. The van der Waals surface area contributed by atoms with Crippen molar-refractivity contribution in [3.8, 4) is 0 Å². The van der Waals surface area contributed by atoms with Gasteiger partial charge >= 0.3 is 6.09 Å². The standard InChI is InChI=1S/C14H13FIN3O3/c1-7-5-11(18-14(21)22)12(19(2)13(7)20)17-10-4-3-8(16)6-9(10)15/h3-6,17-18H,1-2H3,(H,21,22). The molecule has 116 valence electrons. The van der Waals surface area contributed by atoms with Gasteiger partial charge in [0.05, 0.1) is 11.4 Å². The van der Waals surface area contributed by atoms with Crippen molar-refractivity contribution in [1.82, 2.24) is 4.57 Å². The van der Waals surface area contributed by atoms with Crippen molar-refractivity contribution in [1.29, 1.82) is 0 Å². The minimum absolute atomic E-state index is 0.146. The van der Waals surface area contributed by atoms with E-state index in [-0.39, 0.29) is 22.8 Å². The maximum atomic E-state index is 14.0. The van der Waals surface area contributed by atoms with E-state index in [4.69, 9.17) is 5.11 Å². The van der Waals surface area contributed by atoms with Gasteiger partial charge in [-0.3, -0.25) is 14.7 Å². The highest BCUT2D eigenvalue weighted by molar-refractivity contribution is 14.1. The van der Waals surface area contributed by atoms with Crippen molar-refractivity contribution in [3.05, 3.63) is 49.6 Å². The van der Waals surface area contributed by atoms with E-state index in [1.807, 2.05) is 22.6 Å². The van der Waals surface area contributed by atoms with E-state index >= 15 is 0 Å². The molecule has 0 unspecified atom stereocenters. The van der Waals surface area contributed by atoms with Gasteiger partial charge < -0.3 is 10.4 Å². The van der Waals surface area contributed by atoms with Crippen LogP contribution in [-0.2, 0) is 7.05 Å². The van der Waals surface area contributed by atoms with Gasteiger partial charge in [-0.05, 0) is 53.8 Å². The minimum Gasteiger partial charge on any atom is -0.465 e. The van der Waals surface area contributed by atoms with Gasteiger partial charge in [-0.1, -0.05) is 0 Å². The van der Waals surface area contributed by atoms with Crippen molar-refractivity contribution in [2.24, 2.45) is 7.05 Å². The normalized spacial score (nSPS) is 10.4. The molecule has 0 aliphatic rings. The summed E-state index contributed by atoms with van der Waals surface area (Å²) < 4.78 is 15.9. The molecule has 1 aromatic carbocycles. The summed E-state index contributed by atoms with van der Waals surface area (Å²) in [4.78, 5) is 22.9. The van der Waals surface area contributed by atoms with Gasteiger partial charge in [0.1, 0.15) is 11.6 Å². The third-order valence-electron chi connectivity index (χ3n) is 3.02. The molecule has 2 aromatic rings. The van der Waals surface area contributed by atoms with Gasteiger partial charge in [-0.2, -0.15) is 0 Å². The lowest BCUT2D eigenvalue weighted by molar-refractivity contribution is 0.209. The van der Waals surface area contributed by atoms with E-state index in [0.717, 1.165) is 3.57 Å². The lowest BCUT2D eigenvalue weighted by Crippen LogP contribution is -2.24. The van der Waals surface area contributed by atoms with Crippen molar-refractivity contribution in [3.63, 3.8) is 0 Å². The predicted octanol–water partition coefficient (Wildman–Crippen LogP) is 3.27. The first-order valence-electron chi connectivity index (χ1n) is 6.22. The Morgan fingerprint density at radius 2 is 2.00 bits per heavy atom. The smallest absolute Gasteiger partial charge is 0.409 e. The molecule has 3 N–H and O–H groups in total. The average molecular weight is 417 g/mol. The van der Waals surface area contributed by atoms with Gasteiger partial charge in [0, 0.05) is 16.2 Å². The number of benzene rings is 1. The number of amides is 1. The zero-order valence-corrected chi connectivity index (χ0v) is 13.9. The van der Waals surface area contributed by atoms with Crippen LogP contribution in [0.2, 0.25) is 0 Å². The van der Waals surface area contributed by atoms with Gasteiger partial charge in [-0.15, -0.1) is 0 Å². The molecule has 6 nitrogen and oxygen atoms in total. The number of nitrogens with zero attached hydrogens (tertiary/aromatic N) is 1. The van der Waals surface area contributed by atoms with Crippen LogP contribution in [0.1, 0.15) is 5.56 Å². The largest absolute Gasteiger partial charge is 0.465 e. The second kappa shape index (κ2) is 6.34. The fourth-order valence-electron chi connectivity index (χ4n) is 1.97. The Hall–Kier alpha value is -2.10. The number of carbonyl (C=O) groups is 1. The Balaban J connectivity index is 2.55. The van der Waals surface area contributed by atoms with Crippen LogP contribution in [0.25, 0.3) is 0 Å². The second-order valence-electron chi connectivity index (χ2n) is 4.63. The SMILES string of the molecule is Cc1cc(NC(=O)O)c(Nc2ccc(I)cc2F)n(C)c1=O. The van der Waals surface area contributed by atoms with Crippen LogP contribution >= 0.6 is 22.6 Å². The molecule has 0 radical (unpaired) electrons. The highest BCUT2D eigenvalue weighted by Gasteiger charge is 2.14. The molecule has 0 spiro atoms. The van der Waals surface area contributed by atoms with E-state index < -0.39 is 11.9 Å². The number of anilines is 3. The van der Waals surface area contributed by atoms with Crippen molar-refractivity contribution in [2.45, 2.75) is 6.92 Å². The van der Waals surface area contributed by atoms with Crippen LogP contribution in [0.15, 0.2) is 29.1 Å². The van der Waals surface area contributed by atoms with E-state index in [1.165, 1.54) is 29.8 Å². The van der Waals surface area contributed by atoms with Crippen molar-refractivity contribution in [2.75, 3.05) is 10.6 Å². The number of carboxylic acid groups (broad SMARTS) is 1. The first-order valence-corrected chi connectivity index (χ1v) is 7.30. The zero-order valence-electron chi connectivity index (χ0n) is 11.8. The fourth-order valence-corrected chi connectivity index (χ4v) is 2.43. The van der Waals surface area contributed by atoms with E-state index in [1.54, 1.807) is 13.0 Å². The highest BCUT2D eigenvalue weighted by Crippen LogP contribution is 2.27. The van der Waals surface area contributed by atoms with Gasteiger partial charge in [-0.25, -0.2) is 9.18 Å². The third kappa shape index (κ3) is 3.38. The summed E-state index contributed by atoms with van der Waals surface area (Å²) >= 11 is 1.98. The maximum Gasteiger partial charge on any atom is 0.409 e. The van der Waals surface area contributed by atoms with Gasteiger partial charge in [0.2, 0.25) is 0 Å². The summed E-state index contributed by atoms with van der Waals surface area (Å²) in [5, 5.41) is 13.9. The van der Waals surface area contributed by atoms with Crippen molar-refractivity contribution >= 4 is 45.9 Å². The summed E-state index contributed by atoms with van der Waals surface area (Å²) in [5.74, 6) is -0.334. The number of hydrogen-bond acceptors (Lipinski definition) is 3. The van der Waals surface area contributed by atoms with Crippen LogP contribution in [0.3, 0.4) is 0 Å². The van der Waals surface area contributed by atoms with Crippen LogP contribution < -0.4 is 16.2 Å². The van der Waals surface area contributed by atoms with Crippen LogP contribution in [-0.4, -0.2) is 15.8 Å². The lowest BCUT2D eigenvalue weighted by Gasteiger charge is -2.17. The highest BCUT2D eigenvalue weighted by atomic mass is 127. The minimum atomic E-state index is -1.27. The average Bonchev–Trinajstić information content (AvgIpc) is 2.42. The van der Waals surface area contributed by atoms with E-state index in [2.05, 4.69) is 10.6 Å². The molecule has 0 atom stereocenters. The number of aromatic nitrogens is 1. The van der Waals surface area contributed by atoms with Crippen LogP contribution in [0.4, 0.5) is 26.4 Å². The quantitative estimate of drug-likeness (QED) is 0.670. The molecule has 0 saturated carbocycles. The molecular formula is C14H13FIN3O3. The number of pyridine rings is 1. The molecular weight excluding hydrogens is 404 g/mol. The number of hydrogen-bond donors (Lipinski definition) is 3. The summed E-state index contributed by atoms with van der Waals surface area (Å²) in [6.45, 7) is 1.57. The lowest BCUT2D eigenvalue weighted by atomic mass is 10.2. The molecule has 1 aromatic heterocycles. The summed E-state index contributed by atoms with van der Waals surface area (Å²) in [5.41, 5.74) is 0.391. The Bertz CT molecular complexity index is 805. The number of rotatable bonds is 3. The summed E-state index contributed by atoms with van der Waals surface area (Å²) in [6.07, 6.45) is -1.27. The molecule has 0 fully saturated rings. The topological polar surface area (TPSA) is 83.4 Å². The first-order chi connectivity index (χ1) is 10.3. The predicted molar refractivity (Wildman–Crippen MR) is 90.5 cm³/mol. The molecule has 1 heterocycles. The number of aryl methyl sites for hydroxylation is 1. The Kier molecular flexibility index (Phi) is 4.69. The van der Waals surface area contributed by atoms with Crippen LogP contribution in [0.5, 0.6) is 0 Å².